The zero-order valence-corrected chi connectivity index (χ0v) is 14.4. The second-order valence-corrected chi connectivity index (χ2v) is 5.97. The van der Waals surface area contributed by atoms with Gasteiger partial charge in [-0.3, -0.25) is 4.79 Å². The first kappa shape index (κ1) is 20.4. The molecule has 126 valence electrons. The van der Waals surface area contributed by atoms with Gasteiger partial charge in [0.25, 0.3) is 0 Å². The van der Waals surface area contributed by atoms with E-state index in [9.17, 15) is 4.79 Å². The van der Waals surface area contributed by atoms with Gasteiger partial charge in [0.2, 0.25) is 0 Å². The van der Waals surface area contributed by atoms with E-state index in [2.05, 4.69) is 17.0 Å². The van der Waals surface area contributed by atoms with E-state index < -0.39 is 0 Å². The number of rotatable bonds is 16. The summed E-state index contributed by atoms with van der Waals surface area (Å²) in [6.45, 7) is 4.59. The minimum atomic E-state index is -0.0774. The van der Waals surface area contributed by atoms with Crippen LogP contribution in [0.1, 0.15) is 90.4 Å². The smallest absolute Gasteiger partial charge is 0.305 e. The maximum absolute atomic E-state index is 10.9. The van der Waals surface area contributed by atoms with Crippen LogP contribution in [0.5, 0.6) is 0 Å². The first-order chi connectivity index (χ1) is 10.3. The van der Waals surface area contributed by atoms with Crippen molar-refractivity contribution in [3.8, 4) is 0 Å². The molecule has 21 heavy (non-hydrogen) atoms. The number of methoxy groups -OCH3 is 1. The van der Waals surface area contributed by atoms with E-state index in [1.54, 1.807) is 0 Å². The first-order valence-electron chi connectivity index (χ1n) is 9.08. The highest BCUT2D eigenvalue weighted by Gasteiger charge is 1.98. The summed E-state index contributed by atoms with van der Waals surface area (Å²) >= 11 is 0. The predicted molar refractivity (Wildman–Crippen MR) is 90.6 cm³/mol. The molecule has 1 N–H and O–H groups in total. The average Bonchev–Trinajstić information content (AvgIpc) is 2.50. The molecule has 0 spiro atoms. The second kappa shape index (κ2) is 17.5. The van der Waals surface area contributed by atoms with Gasteiger partial charge in [0.1, 0.15) is 0 Å². The van der Waals surface area contributed by atoms with E-state index in [-0.39, 0.29) is 5.97 Å². The molecule has 0 heterocycles. The monoisotopic (exact) mass is 299 g/mol. The minimum absolute atomic E-state index is 0.0774. The maximum Gasteiger partial charge on any atom is 0.305 e. The van der Waals surface area contributed by atoms with Gasteiger partial charge in [-0.15, -0.1) is 0 Å². The largest absolute Gasteiger partial charge is 0.469 e. The lowest BCUT2D eigenvalue weighted by molar-refractivity contribution is -0.140. The zero-order valence-electron chi connectivity index (χ0n) is 14.4. The Morgan fingerprint density at radius 3 is 1.76 bits per heavy atom. The molecule has 0 aromatic carbocycles. The Morgan fingerprint density at radius 1 is 0.762 bits per heavy atom. The number of nitrogens with one attached hydrogen (secondary N) is 1. The van der Waals surface area contributed by atoms with Gasteiger partial charge in [0, 0.05) is 6.42 Å². The molecule has 0 saturated heterocycles. The van der Waals surface area contributed by atoms with Crippen LogP contribution in [0.4, 0.5) is 0 Å². The van der Waals surface area contributed by atoms with E-state index in [1.165, 1.54) is 77.9 Å². The highest BCUT2D eigenvalue weighted by atomic mass is 16.5. The van der Waals surface area contributed by atoms with Gasteiger partial charge in [0.15, 0.2) is 0 Å². The molecule has 0 unspecified atom stereocenters. The van der Waals surface area contributed by atoms with Crippen molar-refractivity contribution in [3.63, 3.8) is 0 Å². The molecule has 0 aliphatic heterocycles. The summed E-state index contributed by atoms with van der Waals surface area (Å²) in [6, 6.07) is 0. The summed E-state index contributed by atoms with van der Waals surface area (Å²) in [5.74, 6) is -0.0774. The summed E-state index contributed by atoms with van der Waals surface area (Å²) in [4.78, 5) is 10.9. The Bertz CT molecular complexity index is 219. The Labute approximate surface area is 132 Å². The molecule has 0 atom stereocenters. The van der Waals surface area contributed by atoms with E-state index in [0.717, 1.165) is 19.4 Å². The number of unbranched alkanes of at least 4 members (excludes halogenated alkanes) is 10. The zero-order chi connectivity index (χ0) is 15.6. The Hall–Kier alpha value is -0.570. The minimum Gasteiger partial charge on any atom is -0.469 e. The molecule has 0 aliphatic rings. The van der Waals surface area contributed by atoms with Gasteiger partial charge in [0.05, 0.1) is 7.11 Å². The van der Waals surface area contributed by atoms with Crippen molar-refractivity contribution >= 4 is 5.97 Å². The molecule has 0 aromatic rings. The molecule has 0 rings (SSSR count). The number of hydrogen-bond acceptors (Lipinski definition) is 3. The van der Waals surface area contributed by atoms with Crippen LogP contribution in [0.3, 0.4) is 0 Å². The van der Waals surface area contributed by atoms with Crippen molar-refractivity contribution in [2.75, 3.05) is 20.2 Å². The molecule has 0 saturated carbocycles. The van der Waals surface area contributed by atoms with Crippen molar-refractivity contribution < 1.29 is 9.53 Å². The summed E-state index contributed by atoms with van der Waals surface area (Å²) in [5, 5.41) is 3.53. The maximum atomic E-state index is 10.9. The van der Waals surface area contributed by atoms with Crippen LogP contribution in [0.15, 0.2) is 0 Å². The van der Waals surface area contributed by atoms with Gasteiger partial charge >= 0.3 is 5.97 Å². The van der Waals surface area contributed by atoms with E-state index in [1.807, 2.05) is 0 Å². The fourth-order valence-corrected chi connectivity index (χ4v) is 2.48. The lowest BCUT2D eigenvalue weighted by Crippen LogP contribution is -2.16. The summed E-state index contributed by atoms with van der Waals surface area (Å²) in [7, 11) is 1.46. The normalized spacial score (nSPS) is 10.8. The van der Waals surface area contributed by atoms with Crippen molar-refractivity contribution in [2.45, 2.75) is 90.4 Å². The second-order valence-electron chi connectivity index (χ2n) is 5.97. The van der Waals surface area contributed by atoms with Crippen LogP contribution in [-0.2, 0) is 9.53 Å². The number of esters is 1. The fraction of sp³-hybridized carbons (Fsp3) is 0.944. The van der Waals surface area contributed by atoms with E-state index in [0.29, 0.717) is 6.42 Å². The predicted octanol–water partition coefficient (Wildman–Crippen LogP) is 4.84. The molecule has 3 heteroatoms. The average molecular weight is 299 g/mol. The Morgan fingerprint density at radius 2 is 1.24 bits per heavy atom. The van der Waals surface area contributed by atoms with Gasteiger partial charge in [-0.2, -0.15) is 0 Å². The molecule has 0 amide bonds. The number of carbonyl (C=O) groups is 1. The van der Waals surface area contributed by atoms with Gasteiger partial charge in [-0.25, -0.2) is 0 Å². The van der Waals surface area contributed by atoms with Crippen molar-refractivity contribution in [1.29, 1.82) is 0 Å². The van der Waals surface area contributed by atoms with Gasteiger partial charge < -0.3 is 10.1 Å². The Kier molecular flexibility index (Phi) is 17.0. The highest BCUT2D eigenvalue weighted by Crippen LogP contribution is 2.07. The highest BCUT2D eigenvalue weighted by molar-refractivity contribution is 5.68. The summed E-state index contributed by atoms with van der Waals surface area (Å²) in [5.41, 5.74) is 0. The molecule has 0 radical (unpaired) electrons. The van der Waals surface area contributed by atoms with Crippen LogP contribution < -0.4 is 5.32 Å². The third-order valence-corrected chi connectivity index (χ3v) is 3.92. The summed E-state index contributed by atoms with van der Waals surface area (Å²) in [6.07, 6.45) is 16.1. The van der Waals surface area contributed by atoms with Crippen molar-refractivity contribution in [2.24, 2.45) is 0 Å². The quantitative estimate of drug-likeness (QED) is 0.327. The van der Waals surface area contributed by atoms with Crippen LogP contribution in [0.25, 0.3) is 0 Å². The molecular weight excluding hydrogens is 262 g/mol. The lowest BCUT2D eigenvalue weighted by atomic mass is 10.1. The number of hydrogen-bond donors (Lipinski definition) is 1. The van der Waals surface area contributed by atoms with Gasteiger partial charge in [-0.05, 0) is 32.4 Å². The van der Waals surface area contributed by atoms with Crippen LogP contribution in [-0.4, -0.2) is 26.2 Å². The Balaban J connectivity index is 2.98. The van der Waals surface area contributed by atoms with Gasteiger partial charge in [-0.1, -0.05) is 64.7 Å². The third-order valence-electron chi connectivity index (χ3n) is 3.92. The molecule has 0 aliphatic carbocycles. The SMILES string of the molecule is CCCCCCCCCNCCCCCCCC(=O)OC. The third kappa shape index (κ3) is 17.4. The fourth-order valence-electron chi connectivity index (χ4n) is 2.48. The standard InChI is InChI=1S/C18H37NO2/c1-3-4-5-6-7-10-13-16-19-17-14-11-8-9-12-15-18(20)21-2/h19H,3-17H2,1-2H3. The van der Waals surface area contributed by atoms with Crippen LogP contribution >= 0.6 is 0 Å². The lowest BCUT2D eigenvalue weighted by Gasteiger charge is -2.05. The van der Waals surface area contributed by atoms with Crippen LogP contribution in [0.2, 0.25) is 0 Å². The summed E-state index contributed by atoms with van der Waals surface area (Å²) < 4.78 is 4.62. The number of carbonyl (C=O) groups excluding carboxylic acids is 1. The van der Waals surface area contributed by atoms with E-state index in [4.69, 9.17) is 0 Å². The number of ether oxygens (including phenoxy) is 1. The molecule has 3 nitrogen and oxygen atoms in total. The topological polar surface area (TPSA) is 38.3 Å². The first-order valence-corrected chi connectivity index (χ1v) is 9.08. The van der Waals surface area contributed by atoms with Crippen LogP contribution in [0, 0.1) is 0 Å². The molecule has 0 aromatic heterocycles. The molecule has 0 fully saturated rings. The molecular formula is C18H37NO2. The molecule has 0 bridgehead atoms. The van der Waals surface area contributed by atoms with E-state index >= 15 is 0 Å². The van der Waals surface area contributed by atoms with Crippen molar-refractivity contribution in [1.82, 2.24) is 5.32 Å². The van der Waals surface area contributed by atoms with Crippen molar-refractivity contribution in [3.05, 3.63) is 0 Å².